The molecule has 2 amide bonds. The van der Waals surface area contributed by atoms with Gasteiger partial charge in [-0.05, 0) is 38.0 Å². The third-order valence-corrected chi connectivity index (χ3v) is 4.57. The molecule has 1 atom stereocenters. The van der Waals surface area contributed by atoms with Gasteiger partial charge in [0, 0.05) is 26.2 Å². The van der Waals surface area contributed by atoms with E-state index in [1.165, 1.54) is 51.4 Å². The standard InChI is InChI=1S/C15H28N2O/c1-2-14-8-7-12-17(13-9-14)15(18)16-10-5-3-4-6-11-16/h14H,2-13H2,1H3. The van der Waals surface area contributed by atoms with E-state index in [4.69, 9.17) is 0 Å². The molecule has 2 heterocycles. The Morgan fingerprint density at radius 2 is 1.50 bits per heavy atom. The molecule has 0 aromatic carbocycles. The smallest absolute Gasteiger partial charge is 0.319 e. The molecule has 0 radical (unpaired) electrons. The van der Waals surface area contributed by atoms with Crippen molar-refractivity contribution in [2.75, 3.05) is 26.2 Å². The largest absolute Gasteiger partial charge is 0.325 e. The Balaban J connectivity index is 1.87. The summed E-state index contributed by atoms with van der Waals surface area (Å²) < 4.78 is 0. The van der Waals surface area contributed by atoms with Crippen molar-refractivity contribution in [2.24, 2.45) is 5.92 Å². The Hall–Kier alpha value is -0.730. The van der Waals surface area contributed by atoms with Crippen LogP contribution in [0.15, 0.2) is 0 Å². The zero-order valence-corrected chi connectivity index (χ0v) is 11.9. The predicted octanol–water partition coefficient (Wildman–Crippen LogP) is 3.49. The lowest BCUT2D eigenvalue weighted by molar-refractivity contribution is 0.155. The highest BCUT2D eigenvalue weighted by molar-refractivity contribution is 5.74. The van der Waals surface area contributed by atoms with Crippen molar-refractivity contribution in [3.05, 3.63) is 0 Å². The fraction of sp³-hybridized carbons (Fsp3) is 0.933. The van der Waals surface area contributed by atoms with E-state index < -0.39 is 0 Å². The van der Waals surface area contributed by atoms with Gasteiger partial charge >= 0.3 is 6.03 Å². The van der Waals surface area contributed by atoms with Gasteiger partial charge in [0.25, 0.3) is 0 Å². The van der Waals surface area contributed by atoms with E-state index in [9.17, 15) is 4.79 Å². The van der Waals surface area contributed by atoms with E-state index in [1.807, 2.05) is 0 Å². The molecule has 2 fully saturated rings. The molecule has 18 heavy (non-hydrogen) atoms. The summed E-state index contributed by atoms with van der Waals surface area (Å²) in [5, 5.41) is 0. The van der Waals surface area contributed by atoms with Crippen molar-refractivity contribution >= 4 is 6.03 Å². The zero-order valence-electron chi connectivity index (χ0n) is 11.9. The summed E-state index contributed by atoms with van der Waals surface area (Å²) in [6.07, 6.45) is 9.94. The normalized spacial score (nSPS) is 26.6. The van der Waals surface area contributed by atoms with Gasteiger partial charge < -0.3 is 9.80 Å². The highest BCUT2D eigenvalue weighted by Gasteiger charge is 2.24. The van der Waals surface area contributed by atoms with Crippen molar-refractivity contribution in [1.29, 1.82) is 0 Å². The Bertz CT molecular complexity index is 259. The topological polar surface area (TPSA) is 23.6 Å². The van der Waals surface area contributed by atoms with Crippen LogP contribution in [0.1, 0.15) is 58.3 Å². The quantitative estimate of drug-likeness (QED) is 0.700. The van der Waals surface area contributed by atoms with Crippen LogP contribution < -0.4 is 0 Å². The minimum atomic E-state index is 0.314. The first-order valence-corrected chi connectivity index (χ1v) is 7.85. The van der Waals surface area contributed by atoms with Crippen LogP contribution in [0.4, 0.5) is 4.79 Å². The van der Waals surface area contributed by atoms with Crippen LogP contribution >= 0.6 is 0 Å². The van der Waals surface area contributed by atoms with Gasteiger partial charge in [-0.15, -0.1) is 0 Å². The van der Waals surface area contributed by atoms with Crippen molar-refractivity contribution < 1.29 is 4.79 Å². The van der Waals surface area contributed by atoms with E-state index in [0.29, 0.717) is 6.03 Å². The average Bonchev–Trinajstić information content (AvgIpc) is 2.80. The fourth-order valence-electron chi connectivity index (χ4n) is 3.23. The first-order chi connectivity index (χ1) is 8.81. The molecule has 0 aromatic heterocycles. The molecule has 3 heteroatoms. The highest BCUT2D eigenvalue weighted by Crippen LogP contribution is 2.21. The molecule has 3 nitrogen and oxygen atoms in total. The van der Waals surface area contributed by atoms with Gasteiger partial charge in [-0.3, -0.25) is 0 Å². The van der Waals surface area contributed by atoms with E-state index in [1.54, 1.807) is 0 Å². The second-order valence-electron chi connectivity index (χ2n) is 5.88. The highest BCUT2D eigenvalue weighted by atomic mass is 16.2. The number of rotatable bonds is 1. The van der Waals surface area contributed by atoms with E-state index in [2.05, 4.69) is 16.7 Å². The minimum Gasteiger partial charge on any atom is -0.325 e. The van der Waals surface area contributed by atoms with Gasteiger partial charge in [-0.1, -0.05) is 26.2 Å². The Labute approximate surface area is 112 Å². The fourth-order valence-corrected chi connectivity index (χ4v) is 3.23. The molecule has 0 aliphatic carbocycles. The molecule has 2 rings (SSSR count). The van der Waals surface area contributed by atoms with Gasteiger partial charge in [0.2, 0.25) is 0 Å². The third-order valence-electron chi connectivity index (χ3n) is 4.57. The summed E-state index contributed by atoms with van der Waals surface area (Å²) in [7, 11) is 0. The summed E-state index contributed by atoms with van der Waals surface area (Å²) in [6.45, 7) is 6.19. The number of carbonyl (C=O) groups is 1. The summed E-state index contributed by atoms with van der Waals surface area (Å²) in [6, 6.07) is 0.314. The predicted molar refractivity (Wildman–Crippen MR) is 74.6 cm³/mol. The van der Waals surface area contributed by atoms with Gasteiger partial charge in [0.05, 0.1) is 0 Å². The van der Waals surface area contributed by atoms with Crippen LogP contribution in [0.3, 0.4) is 0 Å². The summed E-state index contributed by atoms with van der Waals surface area (Å²) >= 11 is 0. The van der Waals surface area contributed by atoms with Crippen molar-refractivity contribution in [1.82, 2.24) is 9.80 Å². The van der Waals surface area contributed by atoms with E-state index in [-0.39, 0.29) is 0 Å². The molecule has 0 N–H and O–H groups in total. The van der Waals surface area contributed by atoms with Crippen LogP contribution in [-0.4, -0.2) is 42.0 Å². The van der Waals surface area contributed by atoms with E-state index >= 15 is 0 Å². The van der Waals surface area contributed by atoms with Gasteiger partial charge in [0.15, 0.2) is 0 Å². The van der Waals surface area contributed by atoms with Gasteiger partial charge in [-0.25, -0.2) is 4.79 Å². The second-order valence-corrected chi connectivity index (χ2v) is 5.88. The number of likely N-dealkylation sites (tertiary alicyclic amines) is 2. The summed E-state index contributed by atoms with van der Waals surface area (Å²) in [4.78, 5) is 16.7. The lowest BCUT2D eigenvalue weighted by atomic mass is 9.98. The number of nitrogens with zero attached hydrogens (tertiary/aromatic N) is 2. The molecule has 2 aliphatic heterocycles. The first kappa shape index (κ1) is 13.7. The lowest BCUT2D eigenvalue weighted by Gasteiger charge is -2.29. The van der Waals surface area contributed by atoms with Crippen molar-refractivity contribution in [3.8, 4) is 0 Å². The molecule has 0 aromatic rings. The van der Waals surface area contributed by atoms with Gasteiger partial charge in [0.1, 0.15) is 0 Å². The molecule has 2 aliphatic rings. The minimum absolute atomic E-state index is 0.314. The number of urea groups is 1. The summed E-state index contributed by atoms with van der Waals surface area (Å²) in [5.74, 6) is 0.840. The zero-order chi connectivity index (χ0) is 12.8. The van der Waals surface area contributed by atoms with Crippen LogP contribution in [0.2, 0.25) is 0 Å². The van der Waals surface area contributed by atoms with Crippen LogP contribution in [0, 0.1) is 5.92 Å². The van der Waals surface area contributed by atoms with Crippen LogP contribution in [0.5, 0.6) is 0 Å². The number of hydrogen-bond acceptors (Lipinski definition) is 1. The molecule has 1 unspecified atom stereocenters. The van der Waals surface area contributed by atoms with E-state index in [0.717, 1.165) is 32.1 Å². The number of hydrogen-bond donors (Lipinski definition) is 0. The van der Waals surface area contributed by atoms with Crippen LogP contribution in [0.25, 0.3) is 0 Å². The molecule has 0 saturated carbocycles. The number of amides is 2. The molecule has 0 bridgehead atoms. The maximum Gasteiger partial charge on any atom is 0.319 e. The lowest BCUT2D eigenvalue weighted by Crippen LogP contribution is -2.44. The molecule has 0 spiro atoms. The molecular weight excluding hydrogens is 224 g/mol. The van der Waals surface area contributed by atoms with Crippen LogP contribution in [-0.2, 0) is 0 Å². The maximum absolute atomic E-state index is 12.5. The average molecular weight is 252 g/mol. The molecule has 104 valence electrons. The monoisotopic (exact) mass is 252 g/mol. The maximum atomic E-state index is 12.5. The third kappa shape index (κ3) is 3.63. The van der Waals surface area contributed by atoms with Gasteiger partial charge in [-0.2, -0.15) is 0 Å². The Morgan fingerprint density at radius 1 is 0.889 bits per heavy atom. The Kier molecular flexibility index (Phi) is 5.33. The van der Waals surface area contributed by atoms with Crippen molar-refractivity contribution in [2.45, 2.75) is 58.3 Å². The number of carbonyl (C=O) groups excluding carboxylic acids is 1. The van der Waals surface area contributed by atoms with Crippen molar-refractivity contribution in [3.63, 3.8) is 0 Å². The molecular formula is C15H28N2O. The second kappa shape index (κ2) is 7.01. The molecule has 2 saturated heterocycles. The Morgan fingerprint density at radius 3 is 2.17 bits per heavy atom. The SMILES string of the molecule is CCC1CCCN(C(=O)N2CCCCCC2)CC1. The first-order valence-electron chi connectivity index (χ1n) is 7.85. The summed E-state index contributed by atoms with van der Waals surface area (Å²) in [5.41, 5.74) is 0.